The molecule has 0 spiro atoms. The highest BCUT2D eigenvalue weighted by Gasteiger charge is 2.34. The fourth-order valence-electron chi connectivity index (χ4n) is 3.69. The van der Waals surface area contributed by atoms with Gasteiger partial charge in [0.25, 0.3) is 5.91 Å². The van der Waals surface area contributed by atoms with Crippen molar-refractivity contribution in [2.24, 2.45) is 0 Å². The first-order valence-corrected chi connectivity index (χ1v) is 8.26. The van der Waals surface area contributed by atoms with Gasteiger partial charge in [-0.25, -0.2) is 4.79 Å². The Labute approximate surface area is 130 Å². The lowest BCUT2D eigenvalue weighted by molar-refractivity contribution is -0.135. The molecule has 0 aromatic carbocycles. The molecule has 2 aliphatic heterocycles. The monoisotopic (exact) mass is 308 g/mol. The molecule has 2 saturated heterocycles. The Kier molecular flexibility index (Phi) is 4.61. The first-order valence-electron chi connectivity index (χ1n) is 8.26. The largest absolute Gasteiger partial charge is 0.340 e. The van der Waals surface area contributed by atoms with E-state index in [4.69, 9.17) is 0 Å². The highest BCUT2D eigenvalue weighted by molar-refractivity contribution is 6.05. The molecule has 2 N–H and O–H groups in total. The predicted octanol–water partition coefficient (Wildman–Crippen LogP) is 0.0614. The summed E-state index contributed by atoms with van der Waals surface area (Å²) < 4.78 is 0. The molecule has 3 aliphatic rings. The van der Waals surface area contributed by atoms with E-state index in [1.54, 1.807) is 0 Å². The second kappa shape index (κ2) is 6.64. The van der Waals surface area contributed by atoms with E-state index in [2.05, 4.69) is 15.5 Å². The van der Waals surface area contributed by atoms with Crippen LogP contribution >= 0.6 is 0 Å². The number of nitrogens with one attached hydrogen (secondary N) is 2. The lowest BCUT2D eigenvalue weighted by Gasteiger charge is -2.40. The van der Waals surface area contributed by atoms with Crippen LogP contribution < -0.4 is 10.6 Å². The number of carbonyl (C=O) groups excluding carboxylic acids is 3. The third-order valence-corrected chi connectivity index (χ3v) is 5.00. The zero-order chi connectivity index (χ0) is 15.5. The van der Waals surface area contributed by atoms with Gasteiger partial charge in [0.15, 0.2) is 0 Å². The number of amides is 4. The smallest absolute Gasteiger partial charge is 0.322 e. The maximum Gasteiger partial charge on any atom is 0.322 e. The normalized spacial score (nSPS) is 27.6. The number of hydrogen-bond donors (Lipinski definition) is 2. The van der Waals surface area contributed by atoms with Gasteiger partial charge in [-0.1, -0.05) is 19.3 Å². The number of carbonyl (C=O) groups is 3. The molecule has 4 amide bonds. The third kappa shape index (κ3) is 3.40. The molecule has 0 bridgehead atoms. The Bertz CT molecular complexity index is 454. The predicted molar refractivity (Wildman–Crippen MR) is 80.1 cm³/mol. The van der Waals surface area contributed by atoms with Crippen molar-refractivity contribution in [1.82, 2.24) is 20.4 Å². The highest BCUT2D eigenvalue weighted by Crippen LogP contribution is 2.23. The van der Waals surface area contributed by atoms with E-state index in [0.29, 0.717) is 6.04 Å². The first-order chi connectivity index (χ1) is 10.6. The number of nitrogens with zero attached hydrogens (tertiary/aromatic N) is 2. The Hall–Kier alpha value is -1.63. The van der Waals surface area contributed by atoms with Gasteiger partial charge in [-0.3, -0.25) is 19.8 Å². The van der Waals surface area contributed by atoms with Gasteiger partial charge in [-0.15, -0.1) is 0 Å². The third-order valence-electron chi connectivity index (χ3n) is 5.00. The number of imide groups is 1. The van der Waals surface area contributed by atoms with E-state index in [1.807, 2.05) is 4.90 Å². The van der Waals surface area contributed by atoms with Crippen LogP contribution in [0.1, 0.15) is 38.5 Å². The minimum Gasteiger partial charge on any atom is -0.340 e. The molecule has 0 aromatic heterocycles. The maximum absolute atomic E-state index is 12.3. The Balaban J connectivity index is 1.45. The van der Waals surface area contributed by atoms with Crippen molar-refractivity contribution in [2.75, 3.05) is 26.2 Å². The van der Waals surface area contributed by atoms with E-state index in [1.165, 1.54) is 32.1 Å². The number of urea groups is 1. The highest BCUT2D eigenvalue weighted by atomic mass is 16.2. The average molecular weight is 308 g/mol. The zero-order valence-corrected chi connectivity index (χ0v) is 12.8. The summed E-state index contributed by atoms with van der Waals surface area (Å²) in [5, 5.41) is 4.63. The molecule has 0 unspecified atom stereocenters. The van der Waals surface area contributed by atoms with Crippen molar-refractivity contribution in [1.29, 1.82) is 0 Å². The van der Waals surface area contributed by atoms with Crippen LogP contribution in [0.25, 0.3) is 0 Å². The fourth-order valence-corrected chi connectivity index (χ4v) is 3.69. The van der Waals surface area contributed by atoms with Crippen molar-refractivity contribution < 1.29 is 14.4 Å². The summed E-state index contributed by atoms with van der Waals surface area (Å²) in [5.41, 5.74) is 0. The zero-order valence-electron chi connectivity index (χ0n) is 12.8. The van der Waals surface area contributed by atoms with Gasteiger partial charge in [-0.05, 0) is 12.8 Å². The van der Waals surface area contributed by atoms with Gasteiger partial charge in [0.1, 0.15) is 6.04 Å². The van der Waals surface area contributed by atoms with Gasteiger partial charge < -0.3 is 10.2 Å². The van der Waals surface area contributed by atoms with Gasteiger partial charge in [-0.2, -0.15) is 0 Å². The molecule has 3 rings (SSSR count). The topological polar surface area (TPSA) is 81.8 Å². The molecule has 1 aliphatic carbocycles. The molecular formula is C15H24N4O3. The van der Waals surface area contributed by atoms with Gasteiger partial charge >= 0.3 is 6.03 Å². The summed E-state index contributed by atoms with van der Waals surface area (Å²) >= 11 is 0. The standard InChI is InChI=1S/C15H24N4O3/c20-13(10-12-14(21)17-15(22)16-12)19-8-6-18(7-9-19)11-4-2-1-3-5-11/h11-12H,1-10H2,(H2,16,17,21,22)/t12-/m0/s1. The summed E-state index contributed by atoms with van der Waals surface area (Å²) in [6, 6.07) is -0.535. The summed E-state index contributed by atoms with van der Waals surface area (Å²) in [7, 11) is 0. The molecule has 7 heteroatoms. The number of rotatable bonds is 3. The molecular weight excluding hydrogens is 284 g/mol. The van der Waals surface area contributed by atoms with E-state index in [9.17, 15) is 14.4 Å². The van der Waals surface area contributed by atoms with Gasteiger partial charge in [0.2, 0.25) is 5.91 Å². The molecule has 22 heavy (non-hydrogen) atoms. The van der Waals surface area contributed by atoms with E-state index in [0.717, 1.165) is 26.2 Å². The Morgan fingerprint density at radius 3 is 2.32 bits per heavy atom. The van der Waals surface area contributed by atoms with Crippen LogP contribution in [0.4, 0.5) is 4.79 Å². The number of piperazine rings is 1. The van der Waals surface area contributed by atoms with Gasteiger partial charge in [0, 0.05) is 32.2 Å². The average Bonchev–Trinajstić information content (AvgIpc) is 2.86. The van der Waals surface area contributed by atoms with Crippen LogP contribution in [0, 0.1) is 0 Å². The Morgan fingerprint density at radius 1 is 1.05 bits per heavy atom. The summed E-state index contributed by atoms with van der Waals surface area (Å²) in [6.07, 6.45) is 6.61. The van der Waals surface area contributed by atoms with Crippen LogP contribution in [-0.2, 0) is 9.59 Å². The molecule has 2 heterocycles. The number of hydrogen-bond acceptors (Lipinski definition) is 4. The van der Waals surface area contributed by atoms with Crippen molar-refractivity contribution in [3.63, 3.8) is 0 Å². The SMILES string of the molecule is O=C1NC(=O)[C@H](CC(=O)N2CCN(C3CCCCC3)CC2)N1. The van der Waals surface area contributed by atoms with Gasteiger partial charge in [0.05, 0.1) is 6.42 Å². The second-order valence-corrected chi connectivity index (χ2v) is 6.43. The van der Waals surface area contributed by atoms with Crippen molar-refractivity contribution in [3.05, 3.63) is 0 Å². The quantitative estimate of drug-likeness (QED) is 0.723. The molecule has 122 valence electrons. The van der Waals surface area contributed by atoms with E-state index in [-0.39, 0.29) is 12.3 Å². The van der Waals surface area contributed by atoms with Crippen molar-refractivity contribution >= 4 is 17.8 Å². The van der Waals surface area contributed by atoms with E-state index >= 15 is 0 Å². The van der Waals surface area contributed by atoms with Crippen LogP contribution in [0.2, 0.25) is 0 Å². The minimum atomic E-state index is -0.712. The summed E-state index contributed by atoms with van der Waals surface area (Å²) in [4.78, 5) is 39.1. The lowest BCUT2D eigenvalue weighted by atomic mass is 9.94. The van der Waals surface area contributed by atoms with Crippen molar-refractivity contribution in [2.45, 2.75) is 50.6 Å². The molecule has 0 radical (unpaired) electrons. The molecule has 3 fully saturated rings. The van der Waals surface area contributed by atoms with Crippen molar-refractivity contribution in [3.8, 4) is 0 Å². The molecule has 0 aromatic rings. The van der Waals surface area contributed by atoms with Crippen LogP contribution in [0.5, 0.6) is 0 Å². The Morgan fingerprint density at radius 2 is 1.73 bits per heavy atom. The minimum absolute atomic E-state index is 0.0503. The molecule has 1 atom stereocenters. The maximum atomic E-state index is 12.3. The summed E-state index contributed by atoms with van der Waals surface area (Å²) in [5.74, 6) is -0.454. The molecule has 7 nitrogen and oxygen atoms in total. The first kappa shape index (κ1) is 15.3. The molecule has 1 saturated carbocycles. The van der Waals surface area contributed by atoms with Crippen LogP contribution in [-0.4, -0.2) is 65.9 Å². The van der Waals surface area contributed by atoms with Crippen LogP contribution in [0.15, 0.2) is 0 Å². The van der Waals surface area contributed by atoms with E-state index < -0.39 is 18.0 Å². The lowest BCUT2D eigenvalue weighted by Crippen LogP contribution is -2.53. The second-order valence-electron chi connectivity index (χ2n) is 6.43. The fraction of sp³-hybridized carbons (Fsp3) is 0.800. The van der Waals surface area contributed by atoms with Crippen LogP contribution in [0.3, 0.4) is 0 Å². The summed E-state index contributed by atoms with van der Waals surface area (Å²) in [6.45, 7) is 3.27.